The quantitative estimate of drug-likeness (QED) is 0.826. The van der Waals surface area contributed by atoms with E-state index in [0.29, 0.717) is 12.8 Å². The predicted molar refractivity (Wildman–Crippen MR) is 61.2 cm³/mol. The van der Waals surface area contributed by atoms with Gasteiger partial charge in [-0.3, -0.25) is 10.1 Å². The van der Waals surface area contributed by atoms with E-state index in [4.69, 9.17) is 0 Å². The number of carbonyl (C=O) groups is 1. The smallest absolute Gasteiger partial charge is 0.401 e. The number of carboxylic acid groups (broad SMARTS) is 1. The van der Waals surface area contributed by atoms with E-state index in [0.717, 1.165) is 0 Å². The van der Waals surface area contributed by atoms with Gasteiger partial charge in [-0.1, -0.05) is 20.8 Å². The second-order valence-corrected chi connectivity index (χ2v) is 6.01. The molecule has 2 N–H and O–H groups in total. The maximum atomic E-state index is 12.3. The van der Waals surface area contributed by atoms with Crippen molar-refractivity contribution in [2.75, 3.05) is 6.54 Å². The Kier molecular flexibility index (Phi) is 4.00. The summed E-state index contributed by atoms with van der Waals surface area (Å²) < 4.78 is 36.8. The molecule has 6 heteroatoms. The minimum atomic E-state index is -4.39. The summed E-state index contributed by atoms with van der Waals surface area (Å²) in [5.41, 5.74) is -1.47. The van der Waals surface area contributed by atoms with Crippen LogP contribution >= 0.6 is 0 Å². The van der Waals surface area contributed by atoms with Crippen molar-refractivity contribution in [3.8, 4) is 0 Å². The normalized spacial score (nSPS) is 32.2. The minimum Gasteiger partial charge on any atom is -0.480 e. The fourth-order valence-electron chi connectivity index (χ4n) is 2.80. The van der Waals surface area contributed by atoms with E-state index in [1.807, 2.05) is 13.8 Å². The third-order valence-electron chi connectivity index (χ3n) is 3.88. The number of carboxylic acids is 1. The van der Waals surface area contributed by atoms with Crippen molar-refractivity contribution in [3.63, 3.8) is 0 Å². The first-order valence-corrected chi connectivity index (χ1v) is 6.04. The van der Waals surface area contributed by atoms with Crippen LogP contribution in [0.25, 0.3) is 0 Å². The lowest BCUT2D eigenvalue weighted by molar-refractivity contribution is -0.157. The highest BCUT2D eigenvalue weighted by molar-refractivity contribution is 5.79. The number of hydrogen-bond donors (Lipinski definition) is 2. The summed E-state index contributed by atoms with van der Waals surface area (Å²) in [6.07, 6.45) is -2.96. The van der Waals surface area contributed by atoms with Gasteiger partial charge in [-0.25, -0.2) is 0 Å². The van der Waals surface area contributed by atoms with Crippen LogP contribution in [-0.4, -0.2) is 29.3 Å². The molecular formula is C12H20F3NO2. The summed E-state index contributed by atoms with van der Waals surface area (Å²) in [4.78, 5) is 11.4. The first-order valence-electron chi connectivity index (χ1n) is 6.04. The molecule has 2 unspecified atom stereocenters. The number of nitrogens with one attached hydrogen (secondary N) is 1. The molecule has 1 fully saturated rings. The van der Waals surface area contributed by atoms with E-state index in [-0.39, 0.29) is 17.8 Å². The highest BCUT2D eigenvalue weighted by atomic mass is 19.4. The maximum Gasteiger partial charge on any atom is 0.401 e. The van der Waals surface area contributed by atoms with Crippen molar-refractivity contribution >= 4 is 5.97 Å². The zero-order valence-electron chi connectivity index (χ0n) is 10.9. The molecule has 0 spiro atoms. The molecule has 0 radical (unpaired) electrons. The summed E-state index contributed by atoms with van der Waals surface area (Å²) >= 11 is 0. The van der Waals surface area contributed by atoms with Gasteiger partial charge in [0.15, 0.2) is 0 Å². The average molecular weight is 267 g/mol. The van der Waals surface area contributed by atoms with Crippen molar-refractivity contribution < 1.29 is 23.1 Å². The van der Waals surface area contributed by atoms with Gasteiger partial charge in [0.1, 0.15) is 5.54 Å². The van der Waals surface area contributed by atoms with Gasteiger partial charge in [-0.15, -0.1) is 0 Å². The Hall–Kier alpha value is -0.780. The van der Waals surface area contributed by atoms with Crippen molar-refractivity contribution in [1.82, 2.24) is 5.32 Å². The Bertz CT molecular complexity index is 328. The summed E-state index contributed by atoms with van der Waals surface area (Å²) in [5.74, 6) is -1.52. The summed E-state index contributed by atoms with van der Waals surface area (Å²) in [6.45, 7) is 4.47. The Balaban J connectivity index is 2.86. The van der Waals surface area contributed by atoms with Crippen LogP contribution < -0.4 is 5.32 Å². The molecule has 18 heavy (non-hydrogen) atoms. The molecule has 1 saturated carbocycles. The van der Waals surface area contributed by atoms with E-state index in [2.05, 4.69) is 5.32 Å². The molecule has 1 rings (SSSR count). The highest BCUT2D eigenvalue weighted by Gasteiger charge is 2.50. The molecule has 0 amide bonds. The van der Waals surface area contributed by atoms with Gasteiger partial charge in [-0.2, -0.15) is 13.2 Å². The first kappa shape index (κ1) is 15.3. The van der Waals surface area contributed by atoms with Gasteiger partial charge < -0.3 is 5.11 Å². The lowest BCUT2D eigenvalue weighted by Gasteiger charge is -2.46. The van der Waals surface area contributed by atoms with Crippen molar-refractivity contribution in [1.29, 1.82) is 0 Å². The molecule has 0 saturated heterocycles. The molecule has 3 nitrogen and oxygen atoms in total. The first-order chi connectivity index (χ1) is 7.99. The molecule has 0 aromatic heterocycles. The van der Waals surface area contributed by atoms with Crippen LogP contribution in [0, 0.1) is 11.3 Å². The van der Waals surface area contributed by atoms with Crippen LogP contribution in [0.3, 0.4) is 0 Å². The summed E-state index contributed by atoms with van der Waals surface area (Å²) in [6, 6.07) is 0. The van der Waals surface area contributed by atoms with Crippen LogP contribution in [-0.2, 0) is 4.79 Å². The van der Waals surface area contributed by atoms with Crippen molar-refractivity contribution in [3.05, 3.63) is 0 Å². The van der Waals surface area contributed by atoms with E-state index in [1.165, 1.54) is 0 Å². The SMILES string of the molecule is CC1CC(C)(C)CCC1(NCC(F)(F)F)C(=O)O. The number of halogens is 3. The second kappa shape index (κ2) is 4.72. The zero-order valence-corrected chi connectivity index (χ0v) is 10.9. The molecule has 106 valence electrons. The lowest BCUT2D eigenvalue weighted by Crippen LogP contribution is -2.61. The Morgan fingerprint density at radius 2 is 1.94 bits per heavy atom. The second-order valence-electron chi connectivity index (χ2n) is 6.01. The third-order valence-corrected chi connectivity index (χ3v) is 3.88. The molecule has 1 aliphatic rings. The van der Waals surface area contributed by atoms with Gasteiger partial charge in [0.2, 0.25) is 0 Å². The standard InChI is InChI=1S/C12H20F3NO2/c1-8-6-10(2,3)4-5-11(8,9(17)18)16-7-12(13,14)15/h8,16H,4-7H2,1-3H3,(H,17,18). The van der Waals surface area contributed by atoms with Crippen LogP contribution in [0.4, 0.5) is 13.2 Å². The Morgan fingerprint density at radius 3 is 2.33 bits per heavy atom. The van der Waals surface area contributed by atoms with Crippen LogP contribution in [0.5, 0.6) is 0 Å². The molecule has 1 aliphatic carbocycles. The number of alkyl halides is 3. The minimum absolute atomic E-state index is 0.0156. The fraction of sp³-hybridized carbons (Fsp3) is 0.917. The van der Waals surface area contributed by atoms with E-state index in [9.17, 15) is 23.1 Å². The summed E-state index contributed by atoms with van der Waals surface area (Å²) in [7, 11) is 0. The maximum absolute atomic E-state index is 12.3. The van der Waals surface area contributed by atoms with Crippen molar-refractivity contribution in [2.24, 2.45) is 11.3 Å². The van der Waals surface area contributed by atoms with Crippen LogP contribution in [0.15, 0.2) is 0 Å². The number of rotatable bonds is 3. The van der Waals surface area contributed by atoms with E-state index < -0.39 is 24.2 Å². The molecule has 2 atom stereocenters. The molecular weight excluding hydrogens is 247 g/mol. The predicted octanol–water partition coefficient (Wildman–Crippen LogP) is 2.81. The van der Waals surface area contributed by atoms with Gasteiger partial charge in [-0.05, 0) is 30.6 Å². The number of hydrogen-bond acceptors (Lipinski definition) is 2. The fourth-order valence-corrected chi connectivity index (χ4v) is 2.80. The molecule has 0 aliphatic heterocycles. The van der Waals surface area contributed by atoms with E-state index in [1.54, 1.807) is 6.92 Å². The van der Waals surface area contributed by atoms with Crippen LogP contribution in [0.2, 0.25) is 0 Å². The Labute approximate surface area is 105 Å². The van der Waals surface area contributed by atoms with Crippen LogP contribution in [0.1, 0.15) is 40.0 Å². The average Bonchev–Trinajstić information content (AvgIpc) is 2.13. The Morgan fingerprint density at radius 1 is 1.39 bits per heavy atom. The largest absolute Gasteiger partial charge is 0.480 e. The third kappa shape index (κ3) is 3.37. The topological polar surface area (TPSA) is 49.3 Å². The lowest BCUT2D eigenvalue weighted by atomic mass is 9.64. The van der Waals surface area contributed by atoms with Gasteiger partial charge in [0, 0.05) is 0 Å². The number of aliphatic carboxylic acids is 1. The molecule has 0 bridgehead atoms. The van der Waals surface area contributed by atoms with Gasteiger partial charge in [0.05, 0.1) is 6.54 Å². The molecule has 0 aromatic rings. The van der Waals surface area contributed by atoms with E-state index >= 15 is 0 Å². The van der Waals surface area contributed by atoms with Gasteiger partial charge in [0.25, 0.3) is 0 Å². The molecule has 0 heterocycles. The monoisotopic (exact) mass is 267 g/mol. The highest BCUT2D eigenvalue weighted by Crippen LogP contribution is 2.44. The zero-order chi connectivity index (χ0) is 14.2. The molecule has 0 aromatic carbocycles. The van der Waals surface area contributed by atoms with Crippen molar-refractivity contribution in [2.45, 2.75) is 51.7 Å². The van der Waals surface area contributed by atoms with Gasteiger partial charge >= 0.3 is 12.1 Å². The summed E-state index contributed by atoms with van der Waals surface area (Å²) in [5, 5.41) is 11.5.